The molecule has 0 amide bonds. The van der Waals surface area contributed by atoms with Crippen molar-refractivity contribution in [2.45, 2.75) is 24.8 Å². The zero-order valence-corrected chi connectivity index (χ0v) is 11.9. The molecule has 2 rings (SSSR count). The summed E-state index contributed by atoms with van der Waals surface area (Å²) < 4.78 is 0. The number of thioether (sulfide) groups is 1. The third-order valence-electron chi connectivity index (χ3n) is 3.24. The topological polar surface area (TPSA) is 26.0 Å². The van der Waals surface area contributed by atoms with E-state index in [-0.39, 0.29) is 6.04 Å². The second-order valence-corrected chi connectivity index (χ2v) is 5.49. The number of nitrogens with two attached hydrogens (primary N) is 1. The van der Waals surface area contributed by atoms with E-state index < -0.39 is 0 Å². The molecule has 0 heterocycles. The maximum absolute atomic E-state index is 6.35. The van der Waals surface area contributed by atoms with Crippen LogP contribution in [0.15, 0.2) is 47.4 Å². The highest BCUT2D eigenvalue weighted by atomic mass is 32.2. The maximum atomic E-state index is 6.35. The van der Waals surface area contributed by atoms with E-state index in [0.29, 0.717) is 0 Å². The monoisotopic (exact) mass is 257 g/mol. The van der Waals surface area contributed by atoms with Crippen molar-refractivity contribution >= 4 is 11.8 Å². The van der Waals surface area contributed by atoms with Gasteiger partial charge in [0.25, 0.3) is 0 Å². The molecule has 0 bridgehead atoms. The second kappa shape index (κ2) is 5.59. The normalized spacial score (nSPS) is 12.4. The Bertz CT molecular complexity index is 531. The van der Waals surface area contributed by atoms with Crippen LogP contribution in [0.25, 0.3) is 0 Å². The first-order chi connectivity index (χ1) is 8.61. The molecule has 18 heavy (non-hydrogen) atoms. The molecule has 0 fully saturated rings. The lowest BCUT2D eigenvalue weighted by molar-refractivity contribution is 0.859. The number of aryl methyl sites for hydroxylation is 2. The van der Waals surface area contributed by atoms with E-state index in [1.54, 1.807) is 11.8 Å². The standard InChI is InChI=1S/C16H19NS/c1-11-4-9-15(12(2)10-11)16(17)13-5-7-14(18-3)8-6-13/h4-10,16H,17H2,1-3H3. The van der Waals surface area contributed by atoms with Crippen molar-refractivity contribution in [1.82, 2.24) is 0 Å². The van der Waals surface area contributed by atoms with Gasteiger partial charge in [0.05, 0.1) is 6.04 Å². The average molecular weight is 257 g/mol. The van der Waals surface area contributed by atoms with Crippen LogP contribution in [0.3, 0.4) is 0 Å². The molecule has 0 spiro atoms. The van der Waals surface area contributed by atoms with Crippen molar-refractivity contribution in [2.24, 2.45) is 5.73 Å². The van der Waals surface area contributed by atoms with Crippen molar-refractivity contribution in [2.75, 3.05) is 6.26 Å². The summed E-state index contributed by atoms with van der Waals surface area (Å²) in [6, 6.07) is 14.9. The number of hydrogen-bond acceptors (Lipinski definition) is 2. The van der Waals surface area contributed by atoms with Gasteiger partial charge in [-0.05, 0) is 48.9 Å². The Balaban J connectivity index is 2.31. The molecular formula is C16H19NS. The SMILES string of the molecule is CSc1ccc(C(N)c2ccc(C)cc2C)cc1. The summed E-state index contributed by atoms with van der Waals surface area (Å²) in [6.45, 7) is 4.23. The fourth-order valence-electron chi connectivity index (χ4n) is 2.17. The molecule has 2 heteroatoms. The lowest BCUT2D eigenvalue weighted by atomic mass is 9.95. The molecule has 1 atom stereocenters. The van der Waals surface area contributed by atoms with Crippen molar-refractivity contribution in [3.63, 3.8) is 0 Å². The van der Waals surface area contributed by atoms with Gasteiger partial charge in [-0.25, -0.2) is 0 Å². The quantitative estimate of drug-likeness (QED) is 0.839. The molecule has 1 nitrogen and oxygen atoms in total. The van der Waals surface area contributed by atoms with Crippen LogP contribution >= 0.6 is 11.8 Å². The third kappa shape index (κ3) is 2.77. The van der Waals surface area contributed by atoms with Crippen molar-refractivity contribution < 1.29 is 0 Å². The smallest absolute Gasteiger partial charge is 0.0554 e. The van der Waals surface area contributed by atoms with Crippen LogP contribution in [0.4, 0.5) is 0 Å². The maximum Gasteiger partial charge on any atom is 0.0554 e. The first kappa shape index (κ1) is 13.2. The van der Waals surface area contributed by atoms with Gasteiger partial charge in [-0.2, -0.15) is 0 Å². The second-order valence-electron chi connectivity index (χ2n) is 4.61. The highest BCUT2D eigenvalue weighted by Gasteiger charge is 2.11. The van der Waals surface area contributed by atoms with Gasteiger partial charge in [0.15, 0.2) is 0 Å². The molecule has 0 aliphatic heterocycles. The minimum absolute atomic E-state index is 0.0403. The van der Waals surface area contributed by atoms with Gasteiger partial charge in [0.1, 0.15) is 0 Å². The summed E-state index contributed by atoms with van der Waals surface area (Å²) in [5.41, 5.74) is 11.3. The Morgan fingerprint density at radius 3 is 2.22 bits per heavy atom. The van der Waals surface area contributed by atoms with Crippen LogP contribution < -0.4 is 5.73 Å². The Kier molecular flexibility index (Phi) is 4.10. The van der Waals surface area contributed by atoms with E-state index >= 15 is 0 Å². The lowest BCUT2D eigenvalue weighted by Crippen LogP contribution is -2.13. The average Bonchev–Trinajstić information content (AvgIpc) is 2.38. The highest BCUT2D eigenvalue weighted by molar-refractivity contribution is 7.98. The Labute approximate surface area is 113 Å². The summed E-state index contributed by atoms with van der Waals surface area (Å²) in [5.74, 6) is 0. The van der Waals surface area contributed by atoms with Gasteiger partial charge in [-0.1, -0.05) is 35.9 Å². The van der Waals surface area contributed by atoms with Crippen LogP contribution in [0.2, 0.25) is 0 Å². The fraction of sp³-hybridized carbons (Fsp3) is 0.250. The molecule has 2 aromatic carbocycles. The molecule has 0 saturated heterocycles. The van der Waals surface area contributed by atoms with Crippen LogP contribution in [0, 0.1) is 13.8 Å². The zero-order chi connectivity index (χ0) is 13.1. The van der Waals surface area contributed by atoms with Crippen LogP contribution in [0.5, 0.6) is 0 Å². The molecule has 0 aliphatic rings. The van der Waals surface area contributed by atoms with E-state index in [9.17, 15) is 0 Å². The van der Waals surface area contributed by atoms with E-state index in [0.717, 1.165) is 0 Å². The first-order valence-corrected chi connectivity index (χ1v) is 7.31. The van der Waals surface area contributed by atoms with Crippen LogP contribution in [-0.4, -0.2) is 6.26 Å². The fourth-order valence-corrected chi connectivity index (χ4v) is 2.57. The Hall–Kier alpha value is -1.25. The number of benzene rings is 2. The van der Waals surface area contributed by atoms with Crippen molar-refractivity contribution in [1.29, 1.82) is 0 Å². The summed E-state index contributed by atoms with van der Waals surface area (Å²) in [5, 5.41) is 0. The van der Waals surface area contributed by atoms with E-state index in [4.69, 9.17) is 5.73 Å². The molecule has 94 valence electrons. The minimum atomic E-state index is -0.0403. The van der Waals surface area contributed by atoms with Gasteiger partial charge < -0.3 is 5.73 Å². The third-order valence-corrected chi connectivity index (χ3v) is 3.98. The molecular weight excluding hydrogens is 238 g/mol. The molecule has 1 unspecified atom stereocenters. The molecule has 0 saturated carbocycles. The highest BCUT2D eigenvalue weighted by Crippen LogP contribution is 2.25. The number of rotatable bonds is 3. The predicted molar refractivity (Wildman–Crippen MR) is 80.2 cm³/mol. The Morgan fingerprint density at radius 1 is 1.00 bits per heavy atom. The lowest BCUT2D eigenvalue weighted by Gasteiger charge is -2.16. The molecule has 0 radical (unpaired) electrons. The van der Waals surface area contributed by atoms with Crippen molar-refractivity contribution in [3.8, 4) is 0 Å². The van der Waals surface area contributed by atoms with E-state index in [2.05, 4.69) is 62.6 Å². The first-order valence-electron chi connectivity index (χ1n) is 6.08. The molecule has 2 N–H and O–H groups in total. The molecule has 0 aromatic heterocycles. The predicted octanol–water partition coefficient (Wildman–Crippen LogP) is 4.07. The van der Waals surface area contributed by atoms with E-state index in [1.165, 1.54) is 27.1 Å². The van der Waals surface area contributed by atoms with E-state index in [1.807, 2.05) is 0 Å². The summed E-state index contributed by atoms with van der Waals surface area (Å²) in [4.78, 5) is 1.27. The minimum Gasteiger partial charge on any atom is -0.320 e. The zero-order valence-electron chi connectivity index (χ0n) is 11.1. The van der Waals surface area contributed by atoms with Gasteiger partial charge >= 0.3 is 0 Å². The summed E-state index contributed by atoms with van der Waals surface area (Å²) >= 11 is 1.75. The summed E-state index contributed by atoms with van der Waals surface area (Å²) in [6.07, 6.45) is 2.08. The van der Waals surface area contributed by atoms with Crippen molar-refractivity contribution in [3.05, 3.63) is 64.7 Å². The van der Waals surface area contributed by atoms with Crippen LogP contribution in [0.1, 0.15) is 28.3 Å². The van der Waals surface area contributed by atoms with Gasteiger partial charge in [0.2, 0.25) is 0 Å². The van der Waals surface area contributed by atoms with Gasteiger partial charge in [-0.3, -0.25) is 0 Å². The number of hydrogen-bond donors (Lipinski definition) is 1. The summed E-state index contributed by atoms with van der Waals surface area (Å²) in [7, 11) is 0. The molecule has 0 aliphatic carbocycles. The van der Waals surface area contributed by atoms with Gasteiger partial charge in [0, 0.05) is 4.90 Å². The molecule has 2 aromatic rings. The Morgan fingerprint density at radius 2 is 1.67 bits per heavy atom. The van der Waals surface area contributed by atoms with Gasteiger partial charge in [-0.15, -0.1) is 11.8 Å². The van der Waals surface area contributed by atoms with Crippen LogP contribution in [-0.2, 0) is 0 Å². The largest absolute Gasteiger partial charge is 0.320 e.